The van der Waals surface area contributed by atoms with Gasteiger partial charge in [-0.1, -0.05) is 12.1 Å². The van der Waals surface area contributed by atoms with Gasteiger partial charge in [-0.05, 0) is 36.8 Å². The first kappa shape index (κ1) is 17.1. The first-order valence-electron chi connectivity index (χ1n) is 8.54. The molecule has 3 rings (SSSR count). The maximum atomic E-state index is 12.3. The van der Waals surface area contributed by atoms with E-state index >= 15 is 0 Å². The van der Waals surface area contributed by atoms with Crippen molar-refractivity contribution >= 4 is 17.5 Å². The van der Waals surface area contributed by atoms with Crippen LogP contribution in [-0.4, -0.2) is 54.3 Å². The third-order valence-corrected chi connectivity index (χ3v) is 4.34. The van der Waals surface area contributed by atoms with Crippen LogP contribution in [0.4, 0.5) is 5.69 Å². The van der Waals surface area contributed by atoms with E-state index in [1.54, 1.807) is 17.0 Å². The van der Waals surface area contributed by atoms with Crippen LogP contribution in [0.25, 0.3) is 0 Å². The minimum Gasteiger partial charge on any atom is -0.459 e. The van der Waals surface area contributed by atoms with Crippen molar-refractivity contribution in [2.24, 2.45) is 0 Å². The summed E-state index contributed by atoms with van der Waals surface area (Å²) in [4.78, 5) is 28.1. The molecule has 1 saturated heterocycles. The zero-order valence-corrected chi connectivity index (χ0v) is 14.4. The maximum absolute atomic E-state index is 12.3. The van der Waals surface area contributed by atoms with Crippen molar-refractivity contribution < 1.29 is 14.0 Å². The molecule has 1 aromatic heterocycles. The molecule has 0 spiro atoms. The molecule has 0 saturated carbocycles. The molecule has 2 heterocycles. The lowest BCUT2D eigenvalue weighted by molar-refractivity contribution is -0.132. The molecule has 0 atom stereocenters. The van der Waals surface area contributed by atoms with Gasteiger partial charge in [0.05, 0.1) is 6.26 Å². The topological polar surface area (TPSA) is 65.8 Å². The van der Waals surface area contributed by atoms with Crippen LogP contribution in [0, 0.1) is 6.92 Å². The van der Waals surface area contributed by atoms with Gasteiger partial charge in [-0.15, -0.1) is 0 Å². The van der Waals surface area contributed by atoms with Crippen LogP contribution in [0.15, 0.2) is 47.1 Å². The molecule has 6 nitrogen and oxygen atoms in total. The number of anilines is 1. The minimum absolute atomic E-state index is 0.113. The molecule has 1 aromatic carbocycles. The molecule has 0 bridgehead atoms. The smallest absolute Gasteiger partial charge is 0.289 e. The third-order valence-electron chi connectivity index (χ3n) is 4.34. The SMILES string of the molecule is Cc1cccc(NCCC(=O)N2CCN(C(=O)c3ccco3)CC2)c1. The van der Waals surface area contributed by atoms with Crippen LogP contribution in [-0.2, 0) is 4.79 Å². The van der Waals surface area contributed by atoms with Crippen LogP contribution in [0.3, 0.4) is 0 Å². The lowest BCUT2D eigenvalue weighted by atomic mass is 10.2. The number of carbonyl (C=O) groups excluding carboxylic acids is 2. The Morgan fingerprint density at radius 2 is 1.84 bits per heavy atom. The number of nitrogens with one attached hydrogen (secondary N) is 1. The molecule has 2 aromatic rings. The van der Waals surface area contributed by atoms with Crippen molar-refractivity contribution in [3.8, 4) is 0 Å². The molecule has 25 heavy (non-hydrogen) atoms. The molecule has 2 amide bonds. The largest absolute Gasteiger partial charge is 0.459 e. The summed E-state index contributed by atoms with van der Waals surface area (Å²) in [5.41, 5.74) is 2.22. The molecular formula is C19H23N3O3. The predicted molar refractivity (Wildman–Crippen MR) is 95.5 cm³/mol. The zero-order valence-electron chi connectivity index (χ0n) is 14.4. The Balaban J connectivity index is 1.41. The van der Waals surface area contributed by atoms with Crippen LogP contribution >= 0.6 is 0 Å². The molecule has 1 aliphatic heterocycles. The Hall–Kier alpha value is -2.76. The lowest BCUT2D eigenvalue weighted by Crippen LogP contribution is -2.50. The minimum atomic E-state index is -0.113. The molecule has 1 N–H and O–H groups in total. The second-order valence-electron chi connectivity index (χ2n) is 6.20. The van der Waals surface area contributed by atoms with Gasteiger partial charge in [0.2, 0.25) is 5.91 Å². The van der Waals surface area contributed by atoms with Crippen LogP contribution in [0.5, 0.6) is 0 Å². The molecule has 0 unspecified atom stereocenters. The number of hydrogen-bond donors (Lipinski definition) is 1. The fraction of sp³-hybridized carbons (Fsp3) is 0.368. The summed E-state index contributed by atoms with van der Waals surface area (Å²) in [6, 6.07) is 11.5. The van der Waals surface area contributed by atoms with E-state index in [0.29, 0.717) is 44.9 Å². The number of carbonyl (C=O) groups is 2. The first-order valence-corrected chi connectivity index (χ1v) is 8.54. The number of amides is 2. The van der Waals surface area contributed by atoms with Gasteiger partial charge in [-0.2, -0.15) is 0 Å². The molecule has 1 aliphatic rings. The van der Waals surface area contributed by atoms with Crippen LogP contribution in [0.1, 0.15) is 22.5 Å². The average molecular weight is 341 g/mol. The summed E-state index contributed by atoms with van der Waals surface area (Å²) >= 11 is 0. The first-order chi connectivity index (χ1) is 12.1. The molecule has 0 aliphatic carbocycles. The van der Waals surface area contributed by atoms with E-state index in [4.69, 9.17) is 4.42 Å². The Morgan fingerprint density at radius 3 is 2.52 bits per heavy atom. The van der Waals surface area contributed by atoms with E-state index in [2.05, 4.69) is 11.4 Å². The zero-order chi connectivity index (χ0) is 17.6. The number of hydrogen-bond acceptors (Lipinski definition) is 4. The predicted octanol–water partition coefficient (Wildman–Crippen LogP) is 2.37. The Morgan fingerprint density at radius 1 is 1.08 bits per heavy atom. The van der Waals surface area contributed by atoms with E-state index in [1.807, 2.05) is 30.0 Å². The fourth-order valence-corrected chi connectivity index (χ4v) is 2.94. The summed E-state index contributed by atoms with van der Waals surface area (Å²) in [6.45, 7) is 4.85. The highest BCUT2D eigenvalue weighted by atomic mass is 16.3. The van der Waals surface area contributed by atoms with E-state index in [-0.39, 0.29) is 11.8 Å². The van der Waals surface area contributed by atoms with Gasteiger partial charge in [0.15, 0.2) is 5.76 Å². The highest BCUT2D eigenvalue weighted by Gasteiger charge is 2.25. The summed E-state index contributed by atoms with van der Waals surface area (Å²) in [6.07, 6.45) is 1.94. The van der Waals surface area contributed by atoms with Gasteiger partial charge in [-0.3, -0.25) is 9.59 Å². The van der Waals surface area contributed by atoms with Crippen molar-refractivity contribution in [3.63, 3.8) is 0 Å². The number of benzene rings is 1. The molecule has 132 valence electrons. The maximum Gasteiger partial charge on any atom is 0.289 e. The molecule has 0 radical (unpaired) electrons. The molecule has 1 fully saturated rings. The van der Waals surface area contributed by atoms with Crippen molar-refractivity contribution in [2.75, 3.05) is 38.0 Å². The lowest BCUT2D eigenvalue weighted by Gasteiger charge is -2.34. The third kappa shape index (κ3) is 4.41. The summed E-state index contributed by atoms with van der Waals surface area (Å²) in [7, 11) is 0. The van der Waals surface area contributed by atoms with Gasteiger partial charge in [0, 0.05) is 44.8 Å². The van der Waals surface area contributed by atoms with Crippen molar-refractivity contribution in [3.05, 3.63) is 54.0 Å². The standard InChI is InChI=1S/C19H23N3O3/c1-15-4-2-5-16(14-15)20-8-7-18(23)21-9-11-22(12-10-21)19(24)17-6-3-13-25-17/h2-6,13-14,20H,7-12H2,1H3. The van der Waals surface area contributed by atoms with E-state index < -0.39 is 0 Å². The Labute approximate surface area is 147 Å². The van der Waals surface area contributed by atoms with Crippen molar-refractivity contribution in [1.82, 2.24) is 9.80 Å². The van der Waals surface area contributed by atoms with E-state index in [9.17, 15) is 9.59 Å². The monoisotopic (exact) mass is 341 g/mol. The Kier molecular flexibility index (Phi) is 5.38. The van der Waals surface area contributed by atoms with Gasteiger partial charge in [-0.25, -0.2) is 0 Å². The Bertz CT molecular complexity index is 719. The number of furan rings is 1. The van der Waals surface area contributed by atoms with Crippen LogP contribution < -0.4 is 5.32 Å². The number of rotatable bonds is 5. The second-order valence-corrected chi connectivity index (χ2v) is 6.20. The van der Waals surface area contributed by atoms with Crippen LogP contribution in [0.2, 0.25) is 0 Å². The fourth-order valence-electron chi connectivity index (χ4n) is 2.94. The van der Waals surface area contributed by atoms with E-state index in [1.165, 1.54) is 11.8 Å². The summed E-state index contributed by atoms with van der Waals surface area (Å²) < 4.78 is 5.15. The summed E-state index contributed by atoms with van der Waals surface area (Å²) in [5.74, 6) is 0.352. The highest BCUT2D eigenvalue weighted by Crippen LogP contribution is 2.11. The second kappa shape index (κ2) is 7.88. The molecule has 6 heteroatoms. The van der Waals surface area contributed by atoms with Gasteiger partial charge in [0.1, 0.15) is 0 Å². The number of aryl methyl sites for hydroxylation is 1. The molecular weight excluding hydrogens is 318 g/mol. The summed E-state index contributed by atoms with van der Waals surface area (Å²) in [5, 5.41) is 3.28. The van der Waals surface area contributed by atoms with E-state index in [0.717, 1.165) is 5.69 Å². The highest BCUT2D eigenvalue weighted by molar-refractivity contribution is 5.91. The normalized spacial score (nSPS) is 14.4. The van der Waals surface area contributed by atoms with Gasteiger partial charge < -0.3 is 19.5 Å². The number of piperazine rings is 1. The number of nitrogens with zero attached hydrogens (tertiary/aromatic N) is 2. The van der Waals surface area contributed by atoms with Gasteiger partial charge >= 0.3 is 0 Å². The van der Waals surface area contributed by atoms with Gasteiger partial charge in [0.25, 0.3) is 5.91 Å². The van der Waals surface area contributed by atoms with Crippen molar-refractivity contribution in [1.29, 1.82) is 0 Å². The average Bonchev–Trinajstić information content (AvgIpc) is 3.16. The quantitative estimate of drug-likeness (QED) is 0.907. The van der Waals surface area contributed by atoms with Crippen molar-refractivity contribution in [2.45, 2.75) is 13.3 Å².